The van der Waals surface area contributed by atoms with Gasteiger partial charge in [-0.05, 0) is 24.1 Å². The lowest BCUT2D eigenvalue weighted by molar-refractivity contribution is -0.119. The molecule has 2 aromatic rings. The zero-order chi connectivity index (χ0) is 19.2. The molecule has 6 nitrogen and oxygen atoms in total. The molecule has 0 aromatic heterocycles. The molecule has 1 unspecified atom stereocenters. The van der Waals surface area contributed by atoms with Crippen molar-refractivity contribution in [2.45, 2.75) is 18.2 Å². The summed E-state index contributed by atoms with van der Waals surface area (Å²) in [7, 11) is -4.46. The van der Waals surface area contributed by atoms with Crippen molar-refractivity contribution in [3.05, 3.63) is 60.2 Å². The van der Waals surface area contributed by atoms with Crippen LogP contribution in [0.4, 0.5) is 5.69 Å². The van der Waals surface area contributed by atoms with Gasteiger partial charge in [0, 0.05) is 12.7 Å². The maximum absolute atomic E-state index is 12.7. The molecule has 0 fully saturated rings. The lowest BCUT2D eigenvalue weighted by atomic mass is 10.00. The van der Waals surface area contributed by atoms with Gasteiger partial charge in [0.05, 0.1) is 11.6 Å². The minimum atomic E-state index is -4.46. The number of benzene rings is 2. The Labute approximate surface area is 156 Å². The maximum Gasteiger partial charge on any atom is 0.296 e. The molecule has 2 rings (SSSR count). The summed E-state index contributed by atoms with van der Waals surface area (Å²) in [5, 5.41) is 2.46. The average molecular weight is 393 g/mol. The highest BCUT2D eigenvalue weighted by atomic mass is 32.2. The number of carbonyl (C=O) groups is 2. The number of para-hydroxylation sites is 1. The molecule has 0 aliphatic heterocycles. The second-order valence-electron chi connectivity index (χ2n) is 5.65. The van der Waals surface area contributed by atoms with E-state index in [1.807, 2.05) is 30.3 Å². The first kappa shape index (κ1) is 20.2. The number of nitrogens with one attached hydrogen (secondary N) is 1. The SMILES string of the molecule is CC(=O)SCC(Cc1ccccc1)C(=O)Nc1ccccc1S(=O)(=O)O. The zero-order valence-electron chi connectivity index (χ0n) is 14.1. The second-order valence-corrected chi connectivity index (χ2v) is 8.24. The van der Waals surface area contributed by atoms with Gasteiger partial charge in [-0.15, -0.1) is 0 Å². The number of rotatable bonds is 7. The summed E-state index contributed by atoms with van der Waals surface area (Å²) in [6.45, 7) is 1.43. The van der Waals surface area contributed by atoms with E-state index in [1.165, 1.54) is 25.1 Å². The summed E-state index contributed by atoms with van der Waals surface area (Å²) in [4.78, 5) is 23.6. The standard InChI is InChI=1S/C18H19NO5S2/c1-13(20)25-12-15(11-14-7-3-2-4-8-14)18(21)19-16-9-5-6-10-17(16)26(22,23)24/h2-10,15H,11-12H2,1H3,(H,19,21)(H,22,23,24). The highest BCUT2D eigenvalue weighted by Gasteiger charge is 2.23. The van der Waals surface area contributed by atoms with Crippen LogP contribution in [0.15, 0.2) is 59.5 Å². The lowest BCUT2D eigenvalue weighted by Crippen LogP contribution is -2.27. The van der Waals surface area contributed by atoms with Crippen LogP contribution in [0.3, 0.4) is 0 Å². The van der Waals surface area contributed by atoms with Crippen molar-refractivity contribution >= 4 is 38.6 Å². The van der Waals surface area contributed by atoms with E-state index in [2.05, 4.69) is 5.32 Å². The van der Waals surface area contributed by atoms with Gasteiger partial charge in [0.2, 0.25) is 5.91 Å². The van der Waals surface area contributed by atoms with Crippen LogP contribution in [-0.2, 0) is 26.1 Å². The van der Waals surface area contributed by atoms with Crippen molar-refractivity contribution < 1.29 is 22.6 Å². The predicted molar refractivity (Wildman–Crippen MR) is 102 cm³/mol. The molecule has 8 heteroatoms. The summed E-state index contributed by atoms with van der Waals surface area (Å²) in [5.41, 5.74) is 0.936. The molecule has 138 valence electrons. The Morgan fingerprint density at radius 3 is 2.31 bits per heavy atom. The van der Waals surface area contributed by atoms with E-state index in [0.29, 0.717) is 6.42 Å². The van der Waals surface area contributed by atoms with Crippen molar-refractivity contribution in [2.24, 2.45) is 5.92 Å². The van der Waals surface area contributed by atoms with Crippen LogP contribution >= 0.6 is 11.8 Å². The Morgan fingerprint density at radius 2 is 1.69 bits per heavy atom. The fraction of sp³-hybridized carbons (Fsp3) is 0.222. The summed E-state index contributed by atoms with van der Waals surface area (Å²) in [6.07, 6.45) is 0.404. The van der Waals surface area contributed by atoms with Gasteiger partial charge in [-0.1, -0.05) is 54.2 Å². The van der Waals surface area contributed by atoms with Gasteiger partial charge < -0.3 is 5.32 Å². The molecule has 2 aromatic carbocycles. The van der Waals surface area contributed by atoms with Crippen molar-refractivity contribution in [3.63, 3.8) is 0 Å². The first-order valence-electron chi connectivity index (χ1n) is 7.82. The van der Waals surface area contributed by atoms with E-state index in [9.17, 15) is 22.6 Å². The molecule has 0 spiro atoms. The Kier molecular flexibility index (Phi) is 6.96. The fourth-order valence-electron chi connectivity index (χ4n) is 2.37. The molecule has 0 aliphatic carbocycles. The van der Waals surface area contributed by atoms with E-state index in [0.717, 1.165) is 17.3 Å². The Bertz CT molecular complexity index is 881. The third-order valence-electron chi connectivity index (χ3n) is 3.61. The molecule has 2 N–H and O–H groups in total. The topological polar surface area (TPSA) is 101 Å². The van der Waals surface area contributed by atoms with Gasteiger partial charge in [0.15, 0.2) is 5.12 Å². The van der Waals surface area contributed by atoms with Crippen LogP contribution in [0.25, 0.3) is 0 Å². The number of hydrogen-bond acceptors (Lipinski definition) is 5. The van der Waals surface area contributed by atoms with Gasteiger partial charge in [0.25, 0.3) is 10.1 Å². The van der Waals surface area contributed by atoms with Crippen molar-refractivity contribution in [1.82, 2.24) is 0 Å². The number of amides is 1. The summed E-state index contributed by atoms with van der Waals surface area (Å²) in [5.74, 6) is -0.691. The van der Waals surface area contributed by atoms with Crippen LogP contribution < -0.4 is 5.32 Å². The van der Waals surface area contributed by atoms with E-state index in [-0.39, 0.29) is 21.5 Å². The second kappa shape index (κ2) is 8.98. The van der Waals surface area contributed by atoms with Gasteiger partial charge in [0.1, 0.15) is 4.90 Å². The van der Waals surface area contributed by atoms with Crippen LogP contribution in [0.5, 0.6) is 0 Å². The van der Waals surface area contributed by atoms with E-state index >= 15 is 0 Å². The highest BCUT2D eigenvalue weighted by molar-refractivity contribution is 8.13. The summed E-state index contributed by atoms with van der Waals surface area (Å²) < 4.78 is 32.2. The largest absolute Gasteiger partial charge is 0.325 e. The maximum atomic E-state index is 12.7. The first-order valence-corrected chi connectivity index (χ1v) is 10.2. The quantitative estimate of drug-likeness (QED) is 0.702. The monoisotopic (exact) mass is 393 g/mol. The molecule has 0 heterocycles. The Hall–Kier alpha value is -2.16. The van der Waals surface area contributed by atoms with Gasteiger partial charge in [-0.25, -0.2) is 0 Å². The molecule has 0 aliphatic rings. The van der Waals surface area contributed by atoms with Gasteiger partial charge >= 0.3 is 0 Å². The molecule has 1 amide bonds. The Balaban J connectivity index is 2.22. The fourth-order valence-corrected chi connectivity index (χ4v) is 3.73. The molecular formula is C18H19NO5S2. The van der Waals surface area contributed by atoms with Crippen LogP contribution in [0.1, 0.15) is 12.5 Å². The third kappa shape index (κ3) is 5.98. The average Bonchev–Trinajstić information content (AvgIpc) is 2.58. The van der Waals surface area contributed by atoms with Crippen molar-refractivity contribution in [2.75, 3.05) is 11.1 Å². The molecular weight excluding hydrogens is 374 g/mol. The van der Waals surface area contributed by atoms with Crippen molar-refractivity contribution in [3.8, 4) is 0 Å². The first-order chi connectivity index (χ1) is 12.3. The molecule has 0 radical (unpaired) electrons. The lowest BCUT2D eigenvalue weighted by Gasteiger charge is -2.17. The van der Waals surface area contributed by atoms with Crippen LogP contribution in [0.2, 0.25) is 0 Å². The minimum Gasteiger partial charge on any atom is -0.325 e. The van der Waals surface area contributed by atoms with Crippen molar-refractivity contribution in [1.29, 1.82) is 0 Å². The number of carbonyl (C=O) groups excluding carboxylic acids is 2. The molecule has 1 atom stereocenters. The highest BCUT2D eigenvalue weighted by Crippen LogP contribution is 2.23. The smallest absolute Gasteiger partial charge is 0.296 e. The normalized spacial score (nSPS) is 12.4. The zero-order valence-corrected chi connectivity index (χ0v) is 15.7. The molecule has 0 saturated heterocycles. The van der Waals surface area contributed by atoms with Gasteiger partial charge in [-0.3, -0.25) is 14.1 Å². The number of hydrogen-bond donors (Lipinski definition) is 2. The molecule has 26 heavy (non-hydrogen) atoms. The van der Waals surface area contributed by atoms with Crippen LogP contribution in [-0.4, -0.2) is 29.7 Å². The number of anilines is 1. The predicted octanol–water partition coefficient (Wildman–Crippen LogP) is 3.01. The van der Waals surface area contributed by atoms with Gasteiger partial charge in [-0.2, -0.15) is 8.42 Å². The Morgan fingerprint density at radius 1 is 1.08 bits per heavy atom. The van der Waals surface area contributed by atoms with E-state index in [4.69, 9.17) is 0 Å². The summed E-state index contributed by atoms with van der Waals surface area (Å²) >= 11 is 1.04. The van der Waals surface area contributed by atoms with E-state index in [1.54, 1.807) is 6.07 Å². The minimum absolute atomic E-state index is 0.00545. The van der Waals surface area contributed by atoms with E-state index < -0.39 is 21.9 Å². The number of thioether (sulfide) groups is 1. The summed E-state index contributed by atoms with van der Waals surface area (Å²) in [6, 6.07) is 15.0. The van der Waals surface area contributed by atoms with Crippen LogP contribution in [0, 0.1) is 5.92 Å². The molecule has 0 saturated carbocycles. The molecule has 0 bridgehead atoms. The third-order valence-corrected chi connectivity index (χ3v) is 5.49.